The molecule has 0 atom stereocenters. The van der Waals surface area contributed by atoms with Crippen molar-refractivity contribution < 1.29 is 4.79 Å². The van der Waals surface area contributed by atoms with Crippen molar-refractivity contribution in [3.05, 3.63) is 10.7 Å². The number of anilines is 1. The lowest BCUT2D eigenvalue weighted by Crippen LogP contribution is -2.45. The second-order valence-corrected chi connectivity index (χ2v) is 5.72. The zero-order valence-corrected chi connectivity index (χ0v) is 12.5. The molecule has 1 aromatic heterocycles. The molecule has 0 radical (unpaired) electrons. The molecule has 7 heteroatoms. The van der Waals surface area contributed by atoms with Gasteiger partial charge < -0.3 is 9.80 Å². The van der Waals surface area contributed by atoms with Gasteiger partial charge in [0, 0.05) is 33.1 Å². The predicted octanol–water partition coefficient (Wildman–Crippen LogP) is 2.12. The van der Waals surface area contributed by atoms with Gasteiger partial charge in [-0.1, -0.05) is 11.6 Å². The van der Waals surface area contributed by atoms with Crippen LogP contribution in [0.3, 0.4) is 0 Å². The van der Waals surface area contributed by atoms with E-state index in [1.54, 1.807) is 11.8 Å². The first-order chi connectivity index (χ1) is 9.04. The van der Waals surface area contributed by atoms with Crippen molar-refractivity contribution >= 4 is 34.0 Å². The molecule has 0 aliphatic carbocycles. The molecule has 5 nitrogen and oxygen atoms in total. The number of hydrogen-bond donors (Lipinski definition) is 0. The van der Waals surface area contributed by atoms with Crippen LogP contribution in [0.15, 0.2) is 0 Å². The highest BCUT2D eigenvalue weighted by molar-refractivity contribution is 7.10. The second kappa shape index (κ2) is 5.76. The Bertz CT molecular complexity index is 516. The van der Waals surface area contributed by atoms with Gasteiger partial charge in [0.25, 0.3) is 0 Å². The first-order valence-electron chi connectivity index (χ1n) is 6.08. The Morgan fingerprint density at radius 2 is 2.21 bits per heavy atom. The van der Waals surface area contributed by atoms with Gasteiger partial charge in [0.2, 0.25) is 5.91 Å². The molecule has 0 spiro atoms. The molecule has 1 amide bonds. The van der Waals surface area contributed by atoms with E-state index in [2.05, 4.69) is 15.3 Å². The number of carbonyl (C=O) groups excluding carboxylic acids is 1. The van der Waals surface area contributed by atoms with Gasteiger partial charge in [-0.3, -0.25) is 4.79 Å². The summed E-state index contributed by atoms with van der Waals surface area (Å²) in [6.45, 7) is 3.22. The number of nitriles is 1. The number of halogens is 1. The average Bonchev–Trinajstić information content (AvgIpc) is 2.79. The standard InChI is InChI=1S/C12H15ClN4OS/c1-8(18)16(2)9-3-5-17(6-4-9)12-10(7-14)11(13)15-19-12/h9H,3-6H2,1-2H3. The Kier molecular flexibility index (Phi) is 4.27. The zero-order valence-electron chi connectivity index (χ0n) is 10.9. The Morgan fingerprint density at radius 3 is 2.74 bits per heavy atom. The highest BCUT2D eigenvalue weighted by Crippen LogP contribution is 2.33. The van der Waals surface area contributed by atoms with Crippen molar-refractivity contribution in [3.63, 3.8) is 0 Å². The van der Waals surface area contributed by atoms with Crippen molar-refractivity contribution in [3.8, 4) is 6.07 Å². The summed E-state index contributed by atoms with van der Waals surface area (Å²) in [4.78, 5) is 15.3. The van der Waals surface area contributed by atoms with Crippen LogP contribution in [0.4, 0.5) is 5.00 Å². The van der Waals surface area contributed by atoms with Crippen LogP contribution in [-0.2, 0) is 4.79 Å². The van der Waals surface area contributed by atoms with Gasteiger partial charge in [0.15, 0.2) is 5.15 Å². The van der Waals surface area contributed by atoms with Crippen LogP contribution in [0.25, 0.3) is 0 Å². The molecule has 1 fully saturated rings. The van der Waals surface area contributed by atoms with E-state index in [9.17, 15) is 4.79 Å². The third kappa shape index (κ3) is 2.82. The minimum absolute atomic E-state index is 0.0944. The minimum atomic E-state index is 0.0944. The van der Waals surface area contributed by atoms with Crippen molar-refractivity contribution in [2.45, 2.75) is 25.8 Å². The van der Waals surface area contributed by atoms with Crippen LogP contribution in [0.2, 0.25) is 5.15 Å². The first kappa shape index (κ1) is 14.1. The maximum absolute atomic E-state index is 11.3. The fourth-order valence-corrected chi connectivity index (χ4v) is 3.37. The summed E-state index contributed by atoms with van der Waals surface area (Å²) in [5.41, 5.74) is 0.463. The van der Waals surface area contributed by atoms with Crippen LogP contribution in [-0.4, -0.2) is 41.4 Å². The quantitative estimate of drug-likeness (QED) is 0.839. The predicted molar refractivity (Wildman–Crippen MR) is 75.5 cm³/mol. The average molecular weight is 299 g/mol. The van der Waals surface area contributed by atoms with E-state index in [-0.39, 0.29) is 17.1 Å². The van der Waals surface area contributed by atoms with E-state index in [0.29, 0.717) is 5.56 Å². The van der Waals surface area contributed by atoms with Crippen LogP contribution in [0, 0.1) is 11.3 Å². The van der Waals surface area contributed by atoms with E-state index < -0.39 is 0 Å². The third-order valence-corrected chi connectivity index (χ3v) is 4.82. The number of carbonyl (C=O) groups is 1. The first-order valence-corrected chi connectivity index (χ1v) is 7.23. The summed E-state index contributed by atoms with van der Waals surface area (Å²) >= 11 is 7.15. The Hall–Kier alpha value is -1.32. The fraction of sp³-hybridized carbons (Fsp3) is 0.583. The summed E-state index contributed by atoms with van der Waals surface area (Å²) in [5, 5.41) is 10.2. The number of amides is 1. The molecular weight excluding hydrogens is 284 g/mol. The highest BCUT2D eigenvalue weighted by Gasteiger charge is 2.26. The molecule has 0 aromatic carbocycles. The van der Waals surface area contributed by atoms with Gasteiger partial charge in [-0.05, 0) is 24.4 Å². The van der Waals surface area contributed by atoms with E-state index in [4.69, 9.17) is 16.9 Å². The molecule has 0 bridgehead atoms. The fourth-order valence-electron chi connectivity index (χ4n) is 2.29. The molecule has 1 aliphatic heterocycles. The van der Waals surface area contributed by atoms with Crippen molar-refractivity contribution in [2.24, 2.45) is 0 Å². The summed E-state index contributed by atoms with van der Waals surface area (Å²) in [5.74, 6) is 0.0944. The molecule has 0 N–H and O–H groups in total. The zero-order chi connectivity index (χ0) is 14.0. The van der Waals surface area contributed by atoms with Gasteiger partial charge in [0.05, 0.1) is 0 Å². The maximum atomic E-state index is 11.3. The van der Waals surface area contributed by atoms with Crippen LogP contribution in [0.5, 0.6) is 0 Å². The summed E-state index contributed by atoms with van der Waals surface area (Å²) < 4.78 is 4.02. The van der Waals surface area contributed by atoms with E-state index in [0.717, 1.165) is 30.9 Å². The van der Waals surface area contributed by atoms with Crippen molar-refractivity contribution in [1.82, 2.24) is 9.27 Å². The number of aromatic nitrogens is 1. The summed E-state index contributed by atoms with van der Waals surface area (Å²) in [7, 11) is 1.84. The summed E-state index contributed by atoms with van der Waals surface area (Å²) in [6.07, 6.45) is 1.80. The number of rotatable bonds is 2. The van der Waals surface area contributed by atoms with Gasteiger partial charge >= 0.3 is 0 Å². The van der Waals surface area contributed by atoms with Crippen LogP contribution >= 0.6 is 23.1 Å². The lowest BCUT2D eigenvalue weighted by Gasteiger charge is -2.36. The van der Waals surface area contributed by atoms with Gasteiger partial charge in [0.1, 0.15) is 16.6 Å². The van der Waals surface area contributed by atoms with Gasteiger partial charge in [-0.15, -0.1) is 0 Å². The lowest BCUT2D eigenvalue weighted by atomic mass is 10.0. The van der Waals surface area contributed by atoms with Gasteiger partial charge in [-0.2, -0.15) is 9.64 Å². The molecular formula is C12H15ClN4OS. The molecule has 0 unspecified atom stereocenters. The van der Waals surface area contributed by atoms with Gasteiger partial charge in [-0.25, -0.2) is 0 Å². The Morgan fingerprint density at radius 1 is 1.58 bits per heavy atom. The molecule has 0 saturated carbocycles. The molecule has 19 heavy (non-hydrogen) atoms. The minimum Gasteiger partial charge on any atom is -0.361 e. The Labute approximate surface area is 121 Å². The summed E-state index contributed by atoms with van der Waals surface area (Å²) in [6, 6.07) is 2.38. The van der Waals surface area contributed by atoms with Crippen LogP contribution in [0.1, 0.15) is 25.3 Å². The van der Waals surface area contributed by atoms with Crippen LogP contribution < -0.4 is 4.90 Å². The molecule has 1 aromatic rings. The van der Waals surface area contributed by atoms with Crippen molar-refractivity contribution in [1.29, 1.82) is 5.26 Å². The van der Waals surface area contributed by atoms with E-state index in [1.165, 1.54) is 11.5 Å². The molecule has 2 heterocycles. The number of piperidine rings is 1. The van der Waals surface area contributed by atoms with E-state index in [1.807, 2.05) is 7.05 Å². The number of hydrogen-bond acceptors (Lipinski definition) is 5. The van der Waals surface area contributed by atoms with E-state index >= 15 is 0 Å². The topological polar surface area (TPSA) is 60.2 Å². The monoisotopic (exact) mass is 298 g/mol. The third-order valence-electron chi connectivity index (χ3n) is 3.54. The second-order valence-electron chi connectivity index (χ2n) is 4.61. The largest absolute Gasteiger partial charge is 0.361 e. The molecule has 1 aliphatic rings. The van der Waals surface area contributed by atoms with Crippen molar-refractivity contribution in [2.75, 3.05) is 25.0 Å². The molecule has 1 saturated heterocycles. The Balaban J connectivity index is 2.04. The highest BCUT2D eigenvalue weighted by atomic mass is 35.5. The lowest BCUT2D eigenvalue weighted by molar-refractivity contribution is -0.129. The molecule has 2 rings (SSSR count). The maximum Gasteiger partial charge on any atom is 0.219 e. The molecule has 102 valence electrons. The smallest absolute Gasteiger partial charge is 0.219 e. The SMILES string of the molecule is CC(=O)N(C)C1CCN(c2snc(Cl)c2C#N)CC1. The number of nitrogens with zero attached hydrogens (tertiary/aromatic N) is 4. The normalized spacial score (nSPS) is 16.2.